The van der Waals surface area contributed by atoms with Crippen molar-refractivity contribution < 1.29 is 45.8 Å². The van der Waals surface area contributed by atoms with Crippen molar-refractivity contribution in [3.05, 3.63) is 84.1 Å². The number of rotatable bonds is 12. The molecular weight excluding hydrogens is 683 g/mol. The number of nitrogens with one attached hydrogen (secondary N) is 2. The summed E-state index contributed by atoms with van der Waals surface area (Å²) in [5, 5.41) is 5.10. The number of urea groups is 1. The number of nitrogens with zero attached hydrogens (tertiary/aromatic N) is 2. The number of esters is 1. The molecule has 2 N–H and O–H groups in total. The molecule has 1 aromatic heterocycles. The lowest BCUT2D eigenvalue weighted by Crippen LogP contribution is -2.37. The Balaban J connectivity index is 0.00000625. The van der Waals surface area contributed by atoms with E-state index in [2.05, 4.69) is 10.6 Å². The first-order valence-corrected chi connectivity index (χ1v) is 15.1. The Labute approximate surface area is 283 Å². The van der Waals surface area contributed by atoms with Crippen LogP contribution in [-0.2, 0) is 16.1 Å². The Morgan fingerprint density at radius 3 is 2.27 bits per heavy atom. The van der Waals surface area contributed by atoms with Crippen molar-refractivity contribution in [3.8, 4) is 5.75 Å². The first-order valence-electron chi connectivity index (χ1n) is 14.3. The number of likely N-dealkylation sites (N-methyl/N-ethyl adjacent to an activating group) is 1. The molecule has 48 heavy (non-hydrogen) atoms. The van der Waals surface area contributed by atoms with Gasteiger partial charge in [-0.1, -0.05) is 12.1 Å². The number of carbonyl (C=O) groups is 3. The standard InChI is InChI=1S/C32H31F5N4O5S.ClH/c1-4-45-30(43)28(40(2)3)13-14-29(42)41-17-26(23-15-20(33)7-12-27(23)41)39-31(44)38-25-11-8-21(16-24(25)34)46-18-19-5-9-22(10-6-19)47-32(35,36)37;/h5-12,15-17,28H,4,13-14,18H2,1-3H3,(H2,38,39,44);1H. The van der Waals surface area contributed by atoms with E-state index in [0.29, 0.717) is 11.1 Å². The summed E-state index contributed by atoms with van der Waals surface area (Å²) in [5.41, 5.74) is -3.65. The topological polar surface area (TPSA) is 102 Å². The van der Waals surface area contributed by atoms with Gasteiger partial charge in [-0.25, -0.2) is 13.6 Å². The number of halogens is 6. The second kappa shape index (κ2) is 16.7. The van der Waals surface area contributed by atoms with E-state index in [1.807, 2.05) is 0 Å². The third-order valence-electron chi connectivity index (χ3n) is 6.85. The molecule has 4 aromatic rings. The van der Waals surface area contributed by atoms with Crippen LogP contribution in [0.1, 0.15) is 30.1 Å². The van der Waals surface area contributed by atoms with E-state index < -0.39 is 41.1 Å². The minimum atomic E-state index is -4.40. The van der Waals surface area contributed by atoms with Gasteiger partial charge in [-0.2, -0.15) is 13.2 Å². The van der Waals surface area contributed by atoms with Crippen LogP contribution < -0.4 is 15.4 Å². The van der Waals surface area contributed by atoms with Gasteiger partial charge in [0.05, 0.1) is 23.5 Å². The highest BCUT2D eigenvalue weighted by atomic mass is 35.5. The van der Waals surface area contributed by atoms with Crippen molar-refractivity contribution in [3.63, 3.8) is 0 Å². The van der Waals surface area contributed by atoms with Gasteiger partial charge < -0.3 is 20.1 Å². The van der Waals surface area contributed by atoms with Gasteiger partial charge in [0.15, 0.2) is 0 Å². The Bertz CT molecular complexity index is 1750. The van der Waals surface area contributed by atoms with Crippen LogP contribution in [0, 0.1) is 11.6 Å². The maximum Gasteiger partial charge on any atom is 0.446 e. The molecule has 4 rings (SSSR count). The number of alkyl halides is 3. The summed E-state index contributed by atoms with van der Waals surface area (Å²) in [6.45, 7) is 1.83. The maximum atomic E-state index is 14.8. The second-order valence-corrected chi connectivity index (χ2v) is 11.6. The fourth-order valence-corrected chi connectivity index (χ4v) is 5.17. The molecule has 0 spiro atoms. The van der Waals surface area contributed by atoms with E-state index in [1.165, 1.54) is 53.2 Å². The molecule has 0 aliphatic heterocycles. The summed E-state index contributed by atoms with van der Waals surface area (Å²) < 4.78 is 78.4. The number of thioether (sulfide) groups is 1. The zero-order valence-electron chi connectivity index (χ0n) is 25.9. The molecule has 2 amide bonds. The highest BCUT2D eigenvalue weighted by Gasteiger charge is 2.29. The van der Waals surface area contributed by atoms with Gasteiger partial charge in [0.2, 0.25) is 5.91 Å². The van der Waals surface area contributed by atoms with Crippen LogP contribution in [0.5, 0.6) is 5.75 Å². The predicted octanol–water partition coefficient (Wildman–Crippen LogP) is 8.09. The lowest BCUT2D eigenvalue weighted by Gasteiger charge is -2.22. The molecule has 1 atom stereocenters. The lowest BCUT2D eigenvalue weighted by atomic mass is 10.1. The van der Waals surface area contributed by atoms with Gasteiger partial charge in [0, 0.05) is 29.0 Å². The Morgan fingerprint density at radius 1 is 0.958 bits per heavy atom. The first-order chi connectivity index (χ1) is 22.2. The Morgan fingerprint density at radius 2 is 1.65 bits per heavy atom. The van der Waals surface area contributed by atoms with E-state index in [-0.39, 0.29) is 77.6 Å². The molecule has 1 heterocycles. The summed E-state index contributed by atoms with van der Waals surface area (Å²) in [4.78, 5) is 40.0. The number of carbonyl (C=O) groups excluding carboxylic acids is 3. The van der Waals surface area contributed by atoms with Crippen molar-refractivity contribution in [1.29, 1.82) is 0 Å². The number of fused-ring (bicyclic) bond motifs is 1. The highest BCUT2D eigenvalue weighted by molar-refractivity contribution is 8.00. The van der Waals surface area contributed by atoms with Crippen LogP contribution in [0.3, 0.4) is 0 Å². The predicted molar refractivity (Wildman–Crippen MR) is 175 cm³/mol. The molecule has 9 nitrogen and oxygen atoms in total. The van der Waals surface area contributed by atoms with E-state index >= 15 is 0 Å². The smallest absolute Gasteiger partial charge is 0.446 e. The Hall–Kier alpha value is -4.34. The van der Waals surface area contributed by atoms with E-state index in [0.717, 1.165) is 18.2 Å². The molecule has 3 aromatic carbocycles. The summed E-state index contributed by atoms with van der Waals surface area (Å²) in [6.07, 6.45) is 1.42. The molecule has 0 bridgehead atoms. The summed E-state index contributed by atoms with van der Waals surface area (Å²) in [6, 6.07) is 11.4. The minimum absolute atomic E-state index is 0. The number of amides is 2. The largest absolute Gasteiger partial charge is 0.489 e. The van der Waals surface area contributed by atoms with Crippen molar-refractivity contribution in [2.75, 3.05) is 31.3 Å². The van der Waals surface area contributed by atoms with Crippen LogP contribution in [0.15, 0.2) is 71.8 Å². The molecule has 0 saturated carbocycles. The molecule has 0 aliphatic carbocycles. The molecule has 258 valence electrons. The third kappa shape index (κ3) is 10.3. The average Bonchev–Trinajstić information content (AvgIpc) is 3.34. The van der Waals surface area contributed by atoms with Gasteiger partial charge in [0.1, 0.15) is 30.0 Å². The molecule has 16 heteroatoms. The first kappa shape index (κ1) is 38.1. The van der Waals surface area contributed by atoms with E-state index in [4.69, 9.17) is 9.47 Å². The van der Waals surface area contributed by atoms with E-state index in [1.54, 1.807) is 25.9 Å². The van der Waals surface area contributed by atoms with Gasteiger partial charge in [-0.05, 0) is 87.2 Å². The van der Waals surface area contributed by atoms with Crippen LogP contribution in [-0.4, -0.2) is 59.6 Å². The lowest BCUT2D eigenvalue weighted by molar-refractivity contribution is -0.148. The average molecular weight is 715 g/mol. The van der Waals surface area contributed by atoms with Crippen molar-refractivity contribution in [2.45, 2.75) is 42.8 Å². The molecule has 0 saturated heterocycles. The minimum Gasteiger partial charge on any atom is -0.489 e. The fourth-order valence-electron chi connectivity index (χ4n) is 4.63. The van der Waals surface area contributed by atoms with Crippen molar-refractivity contribution >= 4 is 64.4 Å². The monoisotopic (exact) mass is 714 g/mol. The van der Waals surface area contributed by atoms with E-state index in [9.17, 15) is 36.3 Å². The molecule has 1 unspecified atom stereocenters. The van der Waals surface area contributed by atoms with Gasteiger partial charge in [-0.15, -0.1) is 12.4 Å². The van der Waals surface area contributed by atoms with Crippen molar-refractivity contribution in [2.24, 2.45) is 0 Å². The summed E-state index contributed by atoms with van der Waals surface area (Å²) in [5.74, 6) is -2.22. The number of benzene rings is 3. The second-order valence-electron chi connectivity index (χ2n) is 10.4. The normalized spacial score (nSPS) is 11.9. The summed E-state index contributed by atoms with van der Waals surface area (Å²) in [7, 11) is 3.38. The summed E-state index contributed by atoms with van der Waals surface area (Å²) >= 11 is -0.237. The quantitative estimate of drug-likeness (QED) is 0.0869. The van der Waals surface area contributed by atoms with Gasteiger partial charge in [-0.3, -0.25) is 19.1 Å². The molecular formula is C32H32ClF5N4O5S. The van der Waals surface area contributed by atoms with Gasteiger partial charge >= 0.3 is 17.5 Å². The number of aromatic nitrogens is 1. The van der Waals surface area contributed by atoms with Crippen molar-refractivity contribution in [1.82, 2.24) is 9.47 Å². The van der Waals surface area contributed by atoms with Gasteiger partial charge in [0.25, 0.3) is 0 Å². The fraction of sp³-hybridized carbons (Fsp3) is 0.281. The molecule has 0 aliphatic rings. The molecule has 0 fully saturated rings. The highest BCUT2D eigenvalue weighted by Crippen LogP contribution is 2.37. The zero-order valence-corrected chi connectivity index (χ0v) is 27.5. The SMILES string of the molecule is CCOC(=O)C(CCC(=O)n1cc(NC(=O)Nc2ccc(OCc3ccc(SC(F)(F)F)cc3)cc2F)c2cc(F)ccc21)N(C)C.Cl. The Kier molecular flexibility index (Phi) is 13.2. The third-order valence-corrected chi connectivity index (χ3v) is 7.59. The maximum absolute atomic E-state index is 14.8. The van der Waals surface area contributed by atoms with Crippen LogP contribution in [0.25, 0.3) is 10.9 Å². The number of hydrogen-bond donors (Lipinski definition) is 2. The number of ether oxygens (including phenoxy) is 2. The van der Waals surface area contributed by atoms with Crippen LogP contribution >= 0.6 is 24.2 Å². The van der Waals surface area contributed by atoms with Crippen LogP contribution in [0.4, 0.5) is 38.1 Å². The number of anilines is 2. The number of hydrogen-bond acceptors (Lipinski definition) is 7. The molecule has 0 radical (unpaired) electrons. The zero-order chi connectivity index (χ0) is 34.3. The van der Waals surface area contributed by atoms with Crippen LogP contribution in [0.2, 0.25) is 0 Å².